The van der Waals surface area contributed by atoms with Gasteiger partial charge in [0.1, 0.15) is 11.2 Å². The molecule has 0 saturated heterocycles. The highest BCUT2D eigenvalue weighted by Gasteiger charge is 2.41. The summed E-state index contributed by atoms with van der Waals surface area (Å²) in [5.74, 6) is 0.985. The van der Waals surface area contributed by atoms with Crippen LogP contribution in [0.2, 0.25) is 0 Å². The molecule has 2 aliphatic rings. The van der Waals surface area contributed by atoms with Crippen molar-refractivity contribution in [3.63, 3.8) is 0 Å². The summed E-state index contributed by atoms with van der Waals surface area (Å²) in [5, 5.41) is 9.57. The smallest absolute Gasteiger partial charge is 0.153 e. The number of benzene rings is 1. The largest absolute Gasteiger partial charge is 0.493 e. The minimum atomic E-state index is -0.848. The maximum atomic E-state index is 12.3. The van der Waals surface area contributed by atoms with Gasteiger partial charge in [-0.3, -0.25) is 4.79 Å². The van der Waals surface area contributed by atoms with Gasteiger partial charge in [0, 0.05) is 23.7 Å². The molecule has 1 unspecified atom stereocenters. The Morgan fingerprint density at radius 3 is 2.95 bits per heavy atom. The van der Waals surface area contributed by atoms with Gasteiger partial charge < -0.3 is 4.74 Å². The Morgan fingerprint density at radius 2 is 2.20 bits per heavy atom. The van der Waals surface area contributed by atoms with E-state index in [0.717, 1.165) is 35.0 Å². The van der Waals surface area contributed by atoms with Gasteiger partial charge in [-0.05, 0) is 36.1 Å². The van der Waals surface area contributed by atoms with E-state index in [9.17, 15) is 10.1 Å². The summed E-state index contributed by atoms with van der Waals surface area (Å²) in [6.45, 7) is 0.687. The molecule has 0 aromatic heterocycles. The SMILES string of the molecule is N#CC1(Cc2cc(Br)cc3c2OCC3)CCCCC1=O. The van der Waals surface area contributed by atoms with Gasteiger partial charge in [0.2, 0.25) is 0 Å². The summed E-state index contributed by atoms with van der Waals surface area (Å²) < 4.78 is 6.70. The fourth-order valence-electron chi connectivity index (χ4n) is 3.24. The molecule has 0 amide bonds. The predicted molar refractivity (Wildman–Crippen MR) is 78.6 cm³/mol. The maximum Gasteiger partial charge on any atom is 0.153 e. The van der Waals surface area contributed by atoms with Crippen LogP contribution in [0.4, 0.5) is 0 Å². The molecule has 4 heteroatoms. The Balaban J connectivity index is 1.98. The summed E-state index contributed by atoms with van der Waals surface area (Å²) in [4.78, 5) is 12.3. The van der Waals surface area contributed by atoms with Gasteiger partial charge in [-0.2, -0.15) is 5.26 Å². The summed E-state index contributed by atoms with van der Waals surface area (Å²) in [5.41, 5.74) is 1.31. The Hall–Kier alpha value is -1.34. The molecule has 1 aromatic rings. The number of nitriles is 1. The predicted octanol–water partition coefficient (Wildman–Crippen LogP) is 3.58. The van der Waals surface area contributed by atoms with Crippen LogP contribution >= 0.6 is 15.9 Å². The molecule has 0 bridgehead atoms. The lowest BCUT2D eigenvalue weighted by Gasteiger charge is -2.29. The first-order valence-corrected chi connectivity index (χ1v) is 7.82. The monoisotopic (exact) mass is 333 g/mol. The minimum absolute atomic E-state index is 0.0953. The summed E-state index contributed by atoms with van der Waals surface area (Å²) >= 11 is 3.51. The second-order valence-corrected chi connectivity index (χ2v) is 6.57. The average molecular weight is 334 g/mol. The van der Waals surface area contributed by atoms with Gasteiger partial charge in [0.15, 0.2) is 5.78 Å². The van der Waals surface area contributed by atoms with Crippen molar-refractivity contribution in [1.29, 1.82) is 5.26 Å². The summed E-state index contributed by atoms with van der Waals surface area (Å²) in [6, 6.07) is 6.36. The molecule has 1 atom stereocenters. The van der Waals surface area contributed by atoms with Crippen LogP contribution in [0.3, 0.4) is 0 Å². The number of Topliss-reactive ketones (excluding diaryl/α,β-unsaturated/α-hetero) is 1. The molecule has 20 heavy (non-hydrogen) atoms. The van der Waals surface area contributed by atoms with E-state index in [2.05, 4.69) is 28.1 Å². The fourth-order valence-corrected chi connectivity index (χ4v) is 3.79. The van der Waals surface area contributed by atoms with Crippen molar-refractivity contribution in [3.05, 3.63) is 27.7 Å². The number of fused-ring (bicyclic) bond motifs is 1. The molecule has 1 fully saturated rings. The van der Waals surface area contributed by atoms with E-state index in [1.54, 1.807) is 0 Å². The van der Waals surface area contributed by atoms with E-state index < -0.39 is 5.41 Å². The van der Waals surface area contributed by atoms with Crippen molar-refractivity contribution in [2.45, 2.75) is 38.5 Å². The third-order valence-electron chi connectivity index (χ3n) is 4.32. The summed E-state index contributed by atoms with van der Waals surface area (Å²) in [7, 11) is 0. The number of carbonyl (C=O) groups is 1. The molecular weight excluding hydrogens is 318 g/mol. The molecule has 3 nitrogen and oxygen atoms in total. The fraction of sp³-hybridized carbons (Fsp3) is 0.500. The molecule has 1 aliphatic heterocycles. The zero-order valence-electron chi connectivity index (χ0n) is 11.2. The van der Waals surface area contributed by atoms with E-state index in [1.807, 2.05) is 6.07 Å². The van der Waals surface area contributed by atoms with Crippen LogP contribution in [0, 0.1) is 16.7 Å². The first-order valence-electron chi connectivity index (χ1n) is 7.03. The van der Waals surface area contributed by atoms with E-state index in [-0.39, 0.29) is 5.78 Å². The topological polar surface area (TPSA) is 50.1 Å². The lowest BCUT2D eigenvalue weighted by Crippen LogP contribution is -2.35. The average Bonchev–Trinajstić information content (AvgIpc) is 2.89. The molecule has 104 valence electrons. The van der Waals surface area contributed by atoms with Crippen LogP contribution in [0.15, 0.2) is 16.6 Å². The zero-order valence-corrected chi connectivity index (χ0v) is 12.8. The standard InChI is InChI=1S/C16H16BrNO2/c17-13-7-11-4-6-20-15(11)12(8-13)9-16(10-18)5-2-1-3-14(16)19/h7-8H,1-6,9H2. The van der Waals surface area contributed by atoms with Gasteiger partial charge in [-0.1, -0.05) is 22.4 Å². The molecule has 0 spiro atoms. The molecule has 0 N–H and O–H groups in total. The van der Waals surface area contributed by atoms with Crippen LogP contribution in [0.25, 0.3) is 0 Å². The van der Waals surface area contributed by atoms with Crippen molar-refractivity contribution < 1.29 is 9.53 Å². The van der Waals surface area contributed by atoms with Crippen LogP contribution in [-0.4, -0.2) is 12.4 Å². The quantitative estimate of drug-likeness (QED) is 0.831. The zero-order chi connectivity index (χ0) is 14.2. The summed E-state index contributed by atoms with van der Waals surface area (Å²) in [6.07, 6.45) is 4.44. The van der Waals surface area contributed by atoms with Crippen molar-refractivity contribution in [1.82, 2.24) is 0 Å². The van der Waals surface area contributed by atoms with E-state index in [0.29, 0.717) is 25.9 Å². The van der Waals surface area contributed by atoms with Gasteiger partial charge in [-0.15, -0.1) is 0 Å². The van der Waals surface area contributed by atoms with E-state index in [1.165, 1.54) is 5.56 Å². The van der Waals surface area contributed by atoms with Crippen LogP contribution in [0.1, 0.15) is 36.8 Å². The lowest BCUT2D eigenvalue weighted by molar-refractivity contribution is -0.128. The van der Waals surface area contributed by atoms with Gasteiger partial charge in [0.05, 0.1) is 12.7 Å². The number of hydrogen-bond acceptors (Lipinski definition) is 3. The number of rotatable bonds is 2. The first kappa shape index (κ1) is 13.6. The Bertz CT molecular complexity index is 605. The maximum absolute atomic E-state index is 12.3. The molecule has 1 aromatic carbocycles. The third kappa shape index (κ3) is 2.25. The molecule has 3 rings (SSSR count). The number of ketones is 1. The van der Waals surface area contributed by atoms with Gasteiger partial charge >= 0.3 is 0 Å². The Labute approximate surface area is 127 Å². The molecule has 1 saturated carbocycles. The molecule has 1 aliphatic carbocycles. The highest BCUT2D eigenvalue weighted by Crippen LogP contribution is 2.41. The van der Waals surface area contributed by atoms with Crippen molar-refractivity contribution in [3.8, 4) is 11.8 Å². The Kier molecular flexibility index (Phi) is 3.55. The first-order chi connectivity index (χ1) is 9.64. The number of halogens is 1. The number of nitrogens with zero attached hydrogens (tertiary/aromatic N) is 1. The number of ether oxygens (including phenoxy) is 1. The van der Waals surface area contributed by atoms with Crippen LogP contribution in [0.5, 0.6) is 5.75 Å². The Morgan fingerprint density at radius 1 is 1.35 bits per heavy atom. The second kappa shape index (κ2) is 5.21. The van der Waals surface area contributed by atoms with Crippen LogP contribution in [-0.2, 0) is 17.6 Å². The highest BCUT2D eigenvalue weighted by atomic mass is 79.9. The third-order valence-corrected chi connectivity index (χ3v) is 4.78. The molecule has 0 radical (unpaired) electrons. The number of hydrogen-bond donors (Lipinski definition) is 0. The van der Waals surface area contributed by atoms with Crippen molar-refractivity contribution in [2.75, 3.05) is 6.61 Å². The second-order valence-electron chi connectivity index (χ2n) is 5.65. The van der Waals surface area contributed by atoms with E-state index >= 15 is 0 Å². The van der Waals surface area contributed by atoms with Crippen molar-refractivity contribution in [2.24, 2.45) is 5.41 Å². The minimum Gasteiger partial charge on any atom is -0.493 e. The van der Waals surface area contributed by atoms with Crippen LogP contribution < -0.4 is 4.74 Å². The number of carbonyl (C=O) groups excluding carboxylic acids is 1. The molecule has 1 heterocycles. The lowest BCUT2D eigenvalue weighted by atomic mass is 9.70. The normalized spacial score (nSPS) is 24.9. The van der Waals surface area contributed by atoms with Gasteiger partial charge in [0.25, 0.3) is 0 Å². The highest BCUT2D eigenvalue weighted by molar-refractivity contribution is 9.10. The van der Waals surface area contributed by atoms with Gasteiger partial charge in [-0.25, -0.2) is 0 Å². The molecular formula is C16H16BrNO2. The van der Waals surface area contributed by atoms with Crippen molar-refractivity contribution >= 4 is 21.7 Å². The van der Waals surface area contributed by atoms with E-state index in [4.69, 9.17) is 4.74 Å².